The van der Waals surface area contributed by atoms with Gasteiger partial charge in [-0.15, -0.1) is 0 Å². The van der Waals surface area contributed by atoms with Crippen molar-refractivity contribution in [2.45, 2.75) is 137 Å². The number of ether oxygens (including phenoxy) is 1. The summed E-state index contributed by atoms with van der Waals surface area (Å²) in [5.41, 5.74) is 12.6. The molecule has 0 radical (unpaired) electrons. The molecule has 2 heterocycles. The minimum atomic E-state index is -0.281. The zero-order valence-corrected chi connectivity index (χ0v) is 42.2. The van der Waals surface area contributed by atoms with Crippen LogP contribution in [0.3, 0.4) is 0 Å². The summed E-state index contributed by atoms with van der Waals surface area (Å²) in [6.45, 7) is 14.4. The maximum Gasteiger partial charge on any atom is 0.409 e. The van der Waals surface area contributed by atoms with Crippen LogP contribution in [-0.2, 0) is 38.6 Å². The highest BCUT2D eigenvalue weighted by Gasteiger charge is 2.42. The molecule has 0 aromatic heterocycles. The lowest BCUT2D eigenvalue weighted by molar-refractivity contribution is -0.140. The van der Waals surface area contributed by atoms with E-state index in [1.165, 1.54) is 44.5 Å². The molecule has 9 rings (SSSR count). The van der Waals surface area contributed by atoms with Gasteiger partial charge in [-0.3, -0.25) is 14.4 Å². The van der Waals surface area contributed by atoms with Gasteiger partial charge in [0.25, 0.3) is 0 Å². The van der Waals surface area contributed by atoms with Gasteiger partial charge in [-0.2, -0.15) is 0 Å². The molecule has 2 aliphatic heterocycles. The molecule has 2 atom stereocenters. The molecule has 4 amide bonds. The molecule has 2 fully saturated rings. The van der Waals surface area contributed by atoms with Crippen LogP contribution in [0.5, 0.6) is 0 Å². The van der Waals surface area contributed by atoms with E-state index in [9.17, 15) is 19.2 Å². The third-order valence-electron chi connectivity index (χ3n) is 16.3. The number of amides is 4. The molecule has 9 nitrogen and oxygen atoms in total. The summed E-state index contributed by atoms with van der Waals surface area (Å²) in [5.74, 6) is 2.95. The largest absolute Gasteiger partial charge is 0.445 e. The van der Waals surface area contributed by atoms with Gasteiger partial charge in [-0.05, 0) is 151 Å². The van der Waals surface area contributed by atoms with E-state index in [1.54, 1.807) is 4.90 Å². The summed E-state index contributed by atoms with van der Waals surface area (Å²) in [6, 6.07) is 27.7. The fraction of sp³-hybridized carbons (Fsp3) is 0.559. The molecule has 68 heavy (non-hydrogen) atoms. The van der Waals surface area contributed by atoms with E-state index < -0.39 is 0 Å². The van der Waals surface area contributed by atoms with E-state index in [1.807, 2.05) is 56.3 Å². The van der Waals surface area contributed by atoms with Crippen LogP contribution < -0.4 is 0 Å². The molecule has 9 heteroatoms. The van der Waals surface area contributed by atoms with Crippen LogP contribution in [0, 0.1) is 35.5 Å². The highest BCUT2D eigenvalue weighted by Crippen LogP contribution is 2.46. The van der Waals surface area contributed by atoms with Crippen molar-refractivity contribution in [1.29, 1.82) is 0 Å². The molecule has 4 aliphatic carbocycles. The molecule has 2 unspecified atom stereocenters. The Balaban J connectivity index is 0.000000187. The molecule has 2 saturated carbocycles. The van der Waals surface area contributed by atoms with Crippen molar-refractivity contribution in [2.75, 3.05) is 40.3 Å². The lowest BCUT2D eigenvalue weighted by Crippen LogP contribution is -2.50. The first-order valence-electron chi connectivity index (χ1n) is 26.2. The monoisotopic (exact) mass is 923 g/mol. The molecular formula is C59H78N4O5. The van der Waals surface area contributed by atoms with E-state index in [2.05, 4.69) is 86.0 Å². The van der Waals surface area contributed by atoms with Gasteiger partial charge in [0.05, 0.1) is 12.1 Å². The lowest BCUT2D eigenvalue weighted by atomic mass is 9.79. The molecule has 6 aliphatic rings. The Bertz CT molecular complexity index is 2330. The average Bonchev–Trinajstić information content (AvgIpc) is 3.93. The summed E-state index contributed by atoms with van der Waals surface area (Å²) in [5, 5.41) is 0. The Morgan fingerprint density at radius 2 is 1.01 bits per heavy atom. The minimum absolute atomic E-state index is 0.0961. The minimum Gasteiger partial charge on any atom is -0.445 e. The van der Waals surface area contributed by atoms with Crippen LogP contribution in [0.4, 0.5) is 4.79 Å². The van der Waals surface area contributed by atoms with Crippen LogP contribution in [0.2, 0.25) is 0 Å². The lowest BCUT2D eigenvalue weighted by Gasteiger charge is -2.42. The molecule has 0 spiro atoms. The van der Waals surface area contributed by atoms with Crippen molar-refractivity contribution in [3.05, 3.63) is 118 Å². The smallest absolute Gasteiger partial charge is 0.409 e. The van der Waals surface area contributed by atoms with Crippen LogP contribution in [0.25, 0.3) is 11.1 Å². The number of rotatable bonds is 11. The Kier molecular flexibility index (Phi) is 16.0. The van der Waals surface area contributed by atoms with Crippen molar-refractivity contribution < 1.29 is 23.9 Å². The van der Waals surface area contributed by atoms with Crippen molar-refractivity contribution in [2.24, 2.45) is 35.5 Å². The maximum absolute atomic E-state index is 13.8. The fourth-order valence-electron chi connectivity index (χ4n) is 12.9. The van der Waals surface area contributed by atoms with Crippen LogP contribution in [-0.4, -0.2) is 95.8 Å². The second-order valence-corrected chi connectivity index (χ2v) is 21.6. The highest BCUT2D eigenvalue weighted by molar-refractivity contribution is 5.86. The van der Waals surface area contributed by atoms with E-state index in [4.69, 9.17) is 4.74 Å². The number of hydrogen-bond acceptors (Lipinski definition) is 5. The van der Waals surface area contributed by atoms with Gasteiger partial charge in [0, 0.05) is 58.5 Å². The average molecular weight is 923 g/mol. The van der Waals surface area contributed by atoms with Crippen LogP contribution in [0.15, 0.2) is 90.0 Å². The second kappa shape index (κ2) is 22.1. The van der Waals surface area contributed by atoms with Gasteiger partial charge < -0.3 is 24.3 Å². The number of carbonyl (C=O) groups excluding carboxylic acids is 4. The van der Waals surface area contributed by atoms with Crippen LogP contribution in [0.1, 0.15) is 133 Å². The summed E-state index contributed by atoms with van der Waals surface area (Å²) in [6.07, 6.45) is 12.0. The molecule has 3 aromatic rings. The third kappa shape index (κ3) is 10.8. The number of carbonyl (C=O) groups is 4. The van der Waals surface area contributed by atoms with Crippen molar-refractivity contribution in [3.63, 3.8) is 0 Å². The topological polar surface area (TPSA) is 90.5 Å². The van der Waals surface area contributed by atoms with E-state index in [0.29, 0.717) is 55.1 Å². The summed E-state index contributed by atoms with van der Waals surface area (Å²) in [4.78, 5) is 59.8. The number of hydrogen-bond donors (Lipinski definition) is 0. The van der Waals surface area contributed by atoms with Gasteiger partial charge in [0.2, 0.25) is 17.7 Å². The molecule has 3 aromatic carbocycles. The first-order chi connectivity index (χ1) is 32.8. The maximum atomic E-state index is 13.8. The standard InChI is InChI=1S/C32H40N2O3.C27H38N2O2/c1-22(2)30-29-19-26-11-7-8-12-27(26)28(29)17-18-34(30)31(35)25-15-13-23(14-16-25)20-33(3)32(36)37-21-24-9-5-4-6-10-24;1-5-25(30)28(4)17-19-10-12-20(13-11-19)27(31)29-15-14-23-22-9-7-6-8-21(22)16-24(23)26(29)18(2)3/h4-12,22-23,25,30H,13-21H2,1-3H3;6-9,18-20,26H,5,10-17H2,1-4H3. The number of benzene rings is 3. The van der Waals surface area contributed by atoms with E-state index >= 15 is 0 Å². The van der Waals surface area contributed by atoms with Crippen molar-refractivity contribution in [3.8, 4) is 0 Å². The van der Waals surface area contributed by atoms with Gasteiger partial charge in [-0.25, -0.2) is 4.79 Å². The second-order valence-electron chi connectivity index (χ2n) is 21.6. The summed E-state index contributed by atoms with van der Waals surface area (Å²) in [7, 11) is 3.73. The SMILES string of the molecule is CC(C)C1C2=C(CCN1C(=O)C1CCC(CN(C)C(=O)OCc3ccccc3)CC1)c1ccccc1C2.CCC(=O)N(C)CC1CCC(C(=O)N2CCC3=C(Cc4ccccc43)C2C(C)C)CC1. The highest BCUT2D eigenvalue weighted by atomic mass is 16.6. The first kappa shape index (κ1) is 49.2. The summed E-state index contributed by atoms with van der Waals surface area (Å²) < 4.78 is 5.48. The Morgan fingerprint density at radius 3 is 1.46 bits per heavy atom. The molecule has 0 N–H and O–H groups in total. The Hall–Kier alpha value is -5.18. The molecular weight excluding hydrogens is 845 g/mol. The first-order valence-corrected chi connectivity index (χ1v) is 26.2. The predicted molar refractivity (Wildman–Crippen MR) is 272 cm³/mol. The third-order valence-corrected chi connectivity index (χ3v) is 16.3. The molecule has 0 saturated heterocycles. The Morgan fingerprint density at radius 1 is 0.588 bits per heavy atom. The van der Waals surface area contributed by atoms with Crippen molar-refractivity contribution in [1.82, 2.24) is 19.6 Å². The van der Waals surface area contributed by atoms with E-state index in [-0.39, 0.29) is 35.9 Å². The van der Waals surface area contributed by atoms with Gasteiger partial charge in [0.1, 0.15) is 6.61 Å². The number of nitrogens with zero attached hydrogens (tertiary/aromatic N) is 4. The normalized spacial score (nSPS) is 24.1. The van der Waals surface area contributed by atoms with Gasteiger partial charge in [-0.1, -0.05) is 113 Å². The quantitative estimate of drug-likeness (QED) is 0.191. The van der Waals surface area contributed by atoms with Gasteiger partial charge >= 0.3 is 6.09 Å². The van der Waals surface area contributed by atoms with E-state index in [0.717, 1.165) is 102 Å². The summed E-state index contributed by atoms with van der Waals surface area (Å²) >= 11 is 0. The zero-order chi connectivity index (χ0) is 48.1. The van der Waals surface area contributed by atoms with Crippen LogP contribution >= 0.6 is 0 Å². The Labute approximate surface area is 407 Å². The fourth-order valence-corrected chi connectivity index (χ4v) is 12.9. The number of fused-ring (bicyclic) bond motifs is 4. The predicted octanol–water partition coefficient (Wildman–Crippen LogP) is 11.3. The molecule has 0 bridgehead atoms. The zero-order valence-electron chi connectivity index (χ0n) is 42.2. The van der Waals surface area contributed by atoms with Gasteiger partial charge in [0.15, 0.2) is 0 Å². The van der Waals surface area contributed by atoms with Crippen molar-refractivity contribution >= 4 is 35.0 Å². The molecule has 364 valence electrons.